The van der Waals surface area contributed by atoms with Crippen molar-refractivity contribution in [1.29, 1.82) is 0 Å². The van der Waals surface area contributed by atoms with Gasteiger partial charge in [-0.3, -0.25) is 9.79 Å². The van der Waals surface area contributed by atoms with Crippen molar-refractivity contribution >= 4 is 39.4 Å². The number of nitrogens with zero attached hydrogens (tertiary/aromatic N) is 4. The number of guanidine groups is 1. The summed E-state index contributed by atoms with van der Waals surface area (Å²) < 4.78 is 35.2. The largest absolute Gasteiger partial charge is 0.383 e. The van der Waals surface area contributed by atoms with Crippen LogP contribution in [0.2, 0.25) is 5.02 Å². The van der Waals surface area contributed by atoms with E-state index in [4.69, 9.17) is 27.2 Å². The molecule has 1 amide bonds. The van der Waals surface area contributed by atoms with Crippen LogP contribution < -0.4 is 10.5 Å². The van der Waals surface area contributed by atoms with Crippen molar-refractivity contribution in [2.75, 3.05) is 39.9 Å². The van der Waals surface area contributed by atoms with E-state index in [1.807, 2.05) is 42.5 Å². The number of primary amides is 1. The fourth-order valence-corrected chi connectivity index (χ4v) is 5.03. The number of likely N-dealkylation sites (N-methyl/N-ethyl adjacent to an activating group) is 1. The quantitative estimate of drug-likeness (QED) is 0.337. The summed E-state index contributed by atoms with van der Waals surface area (Å²) in [6.07, 6.45) is -0.0316. The van der Waals surface area contributed by atoms with Gasteiger partial charge < -0.3 is 10.5 Å². The molecule has 0 saturated heterocycles. The molecule has 1 heterocycles. The highest BCUT2D eigenvalue weighted by Crippen LogP contribution is 2.29. The summed E-state index contributed by atoms with van der Waals surface area (Å²) in [6.45, 7) is 2.72. The molecule has 0 fully saturated rings. The average molecular weight is 535 g/mol. The molecule has 0 aliphatic carbocycles. The van der Waals surface area contributed by atoms with Crippen LogP contribution in [0.3, 0.4) is 0 Å². The number of methoxy groups -OCH3 is 1. The van der Waals surface area contributed by atoms with Gasteiger partial charge in [-0.1, -0.05) is 61.0 Å². The van der Waals surface area contributed by atoms with Crippen LogP contribution in [0.25, 0.3) is 0 Å². The van der Waals surface area contributed by atoms with Gasteiger partial charge in [-0.25, -0.2) is 9.73 Å². The molecule has 2 aromatic rings. The Morgan fingerprint density at radius 1 is 1.25 bits per heavy atom. The van der Waals surface area contributed by atoms with Crippen LogP contribution in [0.15, 0.2) is 64.7 Å². The number of carbonyl (C=O) groups excluding carboxylic acids is 1. The fraction of sp³-hybridized carbons (Fsp3) is 0.375. The Bertz CT molecular complexity index is 1190. The zero-order chi connectivity index (χ0) is 26.1. The number of nitrogens with two attached hydrogens (primary N) is 1. The zero-order valence-corrected chi connectivity index (χ0v) is 21.9. The van der Waals surface area contributed by atoms with Crippen molar-refractivity contribution in [3.05, 3.63) is 70.7 Å². The average Bonchev–Trinajstić information content (AvgIpc) is 3.30. The molecule has 1 atom stereocenters. The lowest BCUT2D eigenvalue weighted by atomic mass is 9.91. The van der Waals surface area contributed by atoms with Crippen LogP contribution in [0.1, 0.15) is 30.4 Å². The Balaban J connectivity index is 1.99. The summed E-state index contributed by atoms with van der Waals surface area (Å²) in [6, 6.07) is 17.1. The third-order valence-electron chi connectivity index (χ3n) is 5.58. The Hall–Kier alpha value is -2.99. The van der Waals surface area contributed by atoms with Crippen LogP contribution in [0.5, 0.6) is 0 Å². The van der Waals surface area contributed by atoms with Crippen molar-refractivity contribution in [3.8, 4) is 0 Å². The number of rotatable bonds is 11. The normalized spacial score (nSPS) is 16.3. The predicted octanol–water partition coefficient (Wildman–Crippen LogP) is 2.18. The van der Waals surface area contributed by atoms with E-state index in [0.29, 0.717) is 11.6 Å². The van der Waals surface area contributed by atoms with Crippen LogP contribution in [-0.4, -0.2) is 75.2 Å². The van der Waals surface area contributed by atoms with Gasteiger partial charge in [0.25, 0.3) is 0 Å². The first-order chi connectivity index (χ1) is 17.2. The molecule has 0 saturated carbocycles. The Kier molecular flexibility index (Phi) is 9.82. The van der Waals surface area contributed by atoms with Gasteiger partial charge in [0.15, 0.2) is 0 Å². The lowest BCUT2D eigenvalue weighted by Crippen LogP contribution is -2.49. The predicted molar refractivity (Wildman–Crippen MR) is 141 cm³/mol. The Morgan fingerprint density at radius 2 is 1.94 bits per heavy atom. The van der Waals surface area contributed by atoms with Crippen molar-refractivity contribution in [2.45, 2.75) is 19.3 Å². The van der Waals surface area contributed by atoms with Gasteiger partial charge in [0.1, 0.15) is 0 Å². The first-order valence-electron chi connectivity index (χ1n) is 11.5. The maximum absolute atomic E-state index is 13.2. The first-order valence-corrected chi connectivity index (χ1v) is 13.3. The number of halogens is 1. The number of nitrogens with one attached hydrogen (secondary N) is 1. The molecule has 194 valence electrons. The third kappa shape index (κ3) is 7.26. The summed E-state index contributed by atoms with van der Waals surface area (Å²) in [5.74, 6) is -0.684. The Morgan fingerprint density at radius 3 is 2.56 bits per heavy atom. The van der Waals surface area contributed by atoms with Crippen LogP contribution in [0, 0.1) is 0 Å². The molecular weight excluding hydrogens is 504 g/mol. The molecule has 3 N–H and O–H groups in total. The lowest BCUT2D eigenvalue weighted by Gasteiger charge is -2.24. The molecule has 0 spiro atoms. The highest BCUT2D eigenvalue weighted by Gasteiger charge is 2.33. The van der Waals surface area contributed by atoms with Gasteiger partial charge in [-0.2, -0.15) is 17.8 Å². The zero-order valence-electron chi connectivity index (χ0n) is 20.3. The molecule has 0 radical (unpaired) electrons. The molecule has 3 rings (SSSR count). The van der Waals surface area contributed by atoms with E-state index in [0.717, 1.165) is 16.8 Å². The van der Waals surface area contributed by atoms with Gasteiger partial charge in [0, 0.05) is 37.6 Å². The van der Waals surface area contributed by atoms with E-state index in [2.05, 4.69) is 9.71 Å². The molecule has 0 aromatic heterocycles. The van der Waals surface area contributed by atoms with E-state index in [1.165, 1.54) is 16.4 Å². The molecular formula is C24H31ClN6O4S. The van der Waals surface area contributed by atoms with Gasteiger partial charge in [0.05, 0.1) is 25.4 Å². The maximum Gasteiger partial charge on any atom is 0.304 e. The fourth-order valence-electron chi connectivity index (χ4n) is 3.72. The molecule has 1 aliphatic rings. The second kappa shape index (κ2) is 12.8. The summed E-state index contributed by atoms with van der Waals surface area (Å²) in [5.41, 5.74) is 7.88. The SMILES string of the molecule is CCN(CCOC)S(=O)(=O)NC(=NCCC(N)=O)N1CC(c2ccccc2)C(c2ccc(Cl)cc2)=N1. The molecule has 2 aromatic carbocycles. The van der Waals surface area contributed by atoms with Crippen LogP contribution in [-0.2, 0) is 19.7 Å². The summed E-state index contributed by atoms with van der Waals surface area (Å²) in [4.78, 5) is 15.7. The molecule has 10 nitrogen and oxygen atoms in total. The lowest BCUT2D eigenvalue weighted by molar-refractivity contribution is -0.117. The van der Waals surface area contributed by atoms with Crippen LogP contribution >= 0.6 is 11.6 Å². The number of aliphatic imine (C=N–C) groups is 1. The van der Waals surface area contributed by atoms with Gasteiger partial charge in [0.2, 0.25) is 11.9 Å². The topological polar surface area (TPSA) is 130 Å². The number of hydrazone groups is 1. The number of hydrogen-bond donors (Lipinski definition) is 2. The summed E-state index contributed by atoms with van der Waals surface area (Å²) in [7, 11) is -2.47. The Labute approximate surface area is 217 Å². The summed E-state index contributed by atoms with van der Waals surface area (Å²) in [5, 5.41) is 6.88. The minimum Gasteiger partial charge on any atom is -0.383 e. The number of benzene rings is 2. The van der Waals surface area contributed by atoms with Gasteiger partial charge >= 0.3 is 10.2 Å². The number of ether oxygens (including phenoxy) is 1. The van der Waals surface area contributed by atoms with Gasteiger partial charge in [-0.15, -0.1) is 0 Å². The second-order valence-electron chi connectivity index (χ2n) is 8.05. The smallest absolute Gasteiger partial charge is 0.304 e. The number of amides is 1. The number of hydrogen-bond acceptors (Lipinski definition) is 6. The number of carbonyl (C=O) groups is 1. The van der Waals surface area contributed by atoms with E-state index in [9.17, 15) is 13.2 Å². The molecule has 0 bridgehead atoms. The second-order valence-corrected chi connectivity index (χ2v) is 10.2. The highest BCUT2D eigenvalue weighted by atomic mass is 35.5. The van der Waals surface area contributed by atoms with Crippen molar-refractivity contribution in [3.63, 3.8) is 0 Å². The highest BCUT2D eigenvalue weighted by molar-refractivity contribution is 7.87. The van der Waals surface area contributed by atoms with Crippen molar-refractivity contribution in [1.82, 2.24) is 14.0 Å². The van der Waals surface area contributed by atoms with Gasteiger partial charge in [-0.05, 0) is 23.3 Å². The standard InChI is InChI=1S/C24H31ClN6O4S/c1-3-30(15-16-35-2)36(33,34)29-24(27-14-13-22(26)32)31-17-21(18-7-5-4-6-8-18)23(28-31)19-9-11-20(25)12-10-19/h4-12,21H,3,13-17H2,1-2H3,(H2,26,32)(H,27,29). The van der Waals surface area contributed by atoms with Crippen molar-refractivity contribution in [2.24, 2.45) is 15.8 Å². The molecule has 36 heavy (non-hydrogen) atoms. The van der Waals surface area contributed by atoms with E-state index in [1.54, 1.807) is 19.1 Å². The van der Waals surface area contributed by atoms with E-state index in [-0.39, 0.29) is 44.5 Å². The minimum absolute atomic E-state index is 0.00961. The van der Waals surface area contributed by atoms with E-state index >= 15 is 0 Å². The molecule has 12 heteroatoms. The summed E-state index contributed by atoms with van der Waals surface area (Å²) >= 11 is 6.09. The third-order valence-corrected chi connectivity index (χ3v) is 7.39. The van der Waals surface area contributed by atoms with Crippen molar-refractivity contribution < 1.29 is 17.9 Å². The maximum atomic E-state index is 13.2. The first kappa shape index (κ1) is 27.6. The van der Waals surface area contributed by atoms with Crippen LogP contribution in [0.4, 0.5) is 0 Å². The monoisotopic (exact) mass is 534 g/mol. The molecule has 1 unspecified atom stereocenters. The van der Waals surface area contributed by atoms with E-state index < -0.39 is 16.1 Å². The minimum atomic E-state index is -3.97. The molecule has 1 aliphatic heterocycles.